The van der Waals surface area contributed by atoms with Gasteiger partial charge < -0.3 is 14.5 Å². The van der Waals surface area contributed by atoms with Crippen molar-refractivity contribution in [2.45, 2.75) is 0 Å². The second-order valence-corrected chi connectivity index (χ2v) is 6.13. The van der Waals surface area contributed by atoms with Gasteiger partial charge in [0.2, 0.25) is 5.91 Å². The molecular formula is C19H14BrNO4. The van der Waals surface area contributed by atoms with Crippen LogP contribution in [0.5, 0.6) is 5.75 Å². The Hall–Kier alpha value is -2.86. The average Bonchev–Trinajstić information content (AvgIpc) is 2.60. The van der Waals surface area contributed by atoms with E-state index in [0.717, 1.165) is 15.4 Å². The summed E-state index contributed by atoms with van der Waals surface area (Å²) < 4.78 is 11.2. The molecule has 0 aliphatic carbocycles. The summed E-state index contributed by atoms with van der Waals surface area (Å²) in [6, 6.07) is 13.6. The first-order chi connectivity index (χ1) is 12.0. The topological polar surface area (TPSA) is 68.5 Å². The Morgan fingerprint density at radius 1 is 1.16 bits per heavy atom. The molecule has 3 aromatic rings. The molecule has 0 fully saturated rings. The number of hydrogen-bond donors (Lipinski definition) is 1. The molecule has 0 unspecified atom stereocenters. The molecule has 6 heteroatoms. The van der Waals surface area contributed by atoms with Crippen LogP contribution in [0.15, 0.2) is 68.3 Å². The highest BCUT2D eigenvalue weighted by Gasteiger charge is 2.04. The summed E-state index contributed by atoms with van der Waals surface area (Å²) in [7, 11) is 1.58. The van der Waals surface area contributed by atoms with Crippen LogP contribution in [0, 0.1) is 0 Å². The van der Waals surface area contributed by atoms with Gasteiger partial charge in [-0.1, -0.05) is 15.9 Å². The molecule has 25 heavy (non-hydrogen) atoms. The molecule has 1 aromatic heterocycles. The Bertz CT molecular complexity index is 1020. The van der Waals surface area contributed by atoms with Crippen LogP contribution in [0.3, 0.4) is 0 Å². The van der Waals surface area contributed by atoms with Crippen LogP contribution < -0.4 is 15.7 Å². The lowest BCUT2D eigenvalue weighted by molar-refractivity contribution is -0.111. The van der Waals surface area contributed by atoms with Crippen LogP contribution in [0.4, 0.5) is 5.69 Å². The van der Waals surface area contributed by atoms with Crippen molar-refractivity contribution in [1.82, 2.24) is 0 Å². The predicted octanol–water partition coefficient (Wildman–Crippen LogP) is 4.22. The number of amides is 1. The first-order valence-corrected chi connectivity index (χ1v) is 8.21. The number of nitrogens with one attached hydrogen (secondary N) is 1. The van der Waals surface area contributed by atoms with E-state index in [-0.39, 0.29) is 5.91 Å². The van der Waals surface area contributed by atoms with E-state index in [0.29, 0.717) is 17.0 Å². The van der Waals surface area contributed by atoms with Crippen molar-refractivity contribution in [3.8, 4) is 5.75 Å². The molecule has 0 saturated heterocycles. The second kappa shape index (κ2) is 7.36. The third-order valence-electron chi connectivity index (χ3n) is 3.49. The first kappa shape index (κ1) is 17.0. The third-order valence-corrected chi connectivity index (χ3v) is 3.99. The maximum absolute atomic E-state index is 12.1. The minimum Gasteiger partial charge on any atom is -0.496 e. The van der Waals surface area contributed by atoms with Crippen LogP contribution >= 0.6 is 15.9 Å². The smallest absolute Gasteiger partial charge is 0.336 e. The largest absolute Gasteiger partial charge is 0.496 e. The molecule has 126 valence electrons. The molecule has 2 aromatic carbocycles. The summed E-state index contributed by atoms with van der Waals surface area (Å²) in [5, 5.41) is 3.50. The summed E-state index contributed by atoms with van der Waals surface area (Å²) in [5.74, 6) is 0.395. The zero-order chi connectivity index (χ0) is 17.8. The number of benzene rings is 2. The number of hydrogen-bond acceptors (Lipinski definition) is 4. The fourth-order valence-corrected chi connectivity index (χ4v) is 2.71. The van der Waals surface area contributed by atoms with Gasteiger partial charge in [-0.2, -0.15) is 0 Å². The zero-order valence-electron chi connectivity index (χ0n) is 13.3. The zero-order valence-corrected chi connectivity index (χ0v) is 14.9. The standard InChI is InChI=1S/C19H14BrNO4/c1-24-16-6-4-14(20)10-12(16)2-8-18(22)21-15-5-7-17-13(11-15)3-9-19(23)25-17/h2-11H,1H3,(H,21,22)/b8-2+. The van der Waals surface area contributed by atoms with Crippen LogP contribution in [0.2, 0.25) is 0 Å². The number of fused-ring (bicyclic) bond motifs is 1. The van der Waals surface area contributed by atoms with E-state index >= 15 is 0 Å². The van der Waals surface area contributed by atoms with Crippen LogP contribution in [0.25, 0.3) is 17.0 Å². The van der Waals surface area contributed by atoms with Crippen molar-refractivity contribution in [1.29, 1.82) is 0 Å². The minimum atomic E-state index is -0.407. The van der Waals surface area contributed by atoms with E-state index in [1.54, 1.807) is 37.5 Å². The van der Waals surface area contributed by atoms with E-state index in [1.807, 2.05) is 18.2 Å². The van der Waals surface area contributed by atoms with E-state index in [4.69, 9.17) is 9.15 Å². The van der Waals surface area contributed by atoms with Crippen molar-refractivity contribution in [2.24, 2.45) is 0 Å². The van der Waals surface area contributed by atoms with Gasteiger partial charge in [0.25, 0.3) is 0 Å². The highest BCUT2D eigenvalue weighted by Crippen LogP contribution is 2.24. The van der Waals surface area contributed by atoms with Crippen molar-refractivity contribution < 1.29 is 13.9 Å². The van der Waals surface area contributed by atoms with Gasteiger partial charge in [0.05, 0.1) is 7.11 Å². The summed E-state index contributed by atoms with van der Waals surface area (Å²) in [4.78, 5) is 23.3. The van der Waals surface area contributed by atoms with Gasteiger partial charge in [-0.05, 0) is 48.5 Å². The Morgan fingerprint density at radius 2 is 2.00 bits per heavy atom. The van der Waals surface area contributed by atoms with Crippen LogP contribution in [-0.2, 0) is 4.79 Å². The van der Waals surface area contributed by atoms with Crippen molar-refractivity contribution in [2.75, 3.05) is 12.4 Å². The normalized spacial score (nSPS) is 11.0. The van der Waals surface area contributed by atoms with Gasteiger partial charge in [-0.15, -0.1) is 0 Å². The van der Waals surface area contributed by atoms with Crippen LogP contribution in [-0.4, -0.2) is 13.0 Å². The molecule has 0 aliphatic rings. The number of carbonyl (C=O) groups is 1. The Balaban J connectivity index is 1.77. The average molecular weight is 400 g/mol. The van der Waals surface area contributed by atoms with Gasteiger partial charge in [0, 0.05) is 33.3 Å². The number of ether oxygens (including phenoxy) is 1. The molecule has 1 N–H and O–H groups in total. The fraction of sp³-hybridized carbons (Fsp3) is 0.0526. The molecule has 1 heterocycles. The van der Waals surface area contributed by atoms with E-state index in [1.165, 1.54) is 12.1 Å². The van der Waals surface area contributed by atoms with Gasteiger partial charge >= 0.3 is 5.63 Å². The van der Waals surface area contributed by atoms with Gasteiger partial charge in [0.1, 0.15) is 11.3 Å². The van der Waals surface area contributed by atoms with E-state index < -0.39 is 5.63 Å². The fourth-order valence-electron chi connectivity index (χ4n) is 2.33. The molecule has 0 spiro atoms. The van der Waals surface area contributed by atoms with E-state index in [2.05, 4.69) is 21.2 Å². The van der Waals surface area contributed by atoms with Gasteiger partial charge in [-0.25, -0.2) is 4.79 Å². The van der Waals surface area contributed by atoms with Gasteiger partial charge in [0.15, 0.2) is 0 Å². The lowest BCUT2D eigenvalue weighted by atomic mass is 10.2. The SMILES string of the molecule is COc1ccc(Br)cc1/C=C/C(=O)Nc1ccc2oc(=O)ccc2c1. The highest BCUT2D eigenvalue weighted by atomic mass is 79.9. The van der Waals surface area contributed by atoms with Gasteiger partial charge in [-0.3, -0.25) is 4.79 Å². The highest BCUT2D eigenvalue weighted by molar-refractivity contribution is 9.10. The first-order valence-electron chi connectivity index (χ1n) is 7.42. The molecule has 5 nitrogen and oxygen atoms in total. The van der Waals surface area contributed by atoms with E-state index in [9.17, 15) is 9.59 Å². The number of halogens is 1. The van der Waals surface area contributed by atoms with Crippen molar-refractivity contribution in [3.05, 3.63) is 75.1 Å². The van der Waals surface area contributed by atoms with Crippen molar-refractivity contribution >= 4 is 44.6 Å². The molecule has 0 bridgehead atoms. The summed E-state index contributed by atoms with van der Waals surface area (Å²) >= 11 is 3.39. The number of methoxy groups -OCH3 is 1. The Morgan fingerprint density at radius 3 is 2.80 bits per heavy atom. The quantitative estimate of drug-likeness (QED) is 0.526. The Labute approximate surface area is 152 Å². The summed E-state index contributed by atoms with van der Waals surface area (Å²) in [6.07, 6.45) is 3.11. The monoisotopic (exact) mass is 399 g/mol. The number of carbonyl (C=O) groups excluding carboxylic acids is 1. The molecule has 1 amide bonds. The summed E-state index contributed by atoms with van der Waals surface area (Å²) in [5.41, 5.74) is 1.46. The third kappa shape index (κ3) is 4.16. The van der Waals surface area contributed by atoms with Crippen LogP contribution in [0.1, 0.15) is 5.56 Å². The second-order valence-electron chi connectivity index (χ2n) is 5.22. The minimum absolute atomic E-state index is 0.279. The number of anilines is 1. The summed E-state index contributed by atoms with van der Waals surface area (Å²) in [6.45, 7) is 0. The molecule has 0 aliphatic heterocycles. The maximum atomic E-state index is 12.1. The molecule has 0 radical (unpaired) electrons. The lowest BCUT2D eigenvalue weighted by Crippen LogP contribution is -2.07. The predicted molar refractivity (Wildman–Crippen MR) is 101 cm³/mol. The molecule has 0 atom stereocenters. The number of rotatable bonds is 4. The molecule has 3 rings (SSSR count). The Kier molecular flexibility index (Phi) is 5.00. The maximum Gasteiger partial charge on any atom is 0.336 e. The lowest BCUT2D eigenvalue weighted by Gasteiger charge is -2.06. The molecular weight excluding hydrogens is 386 g/mol. The van der Waals surface area contributed by atoms with Crippen molar-refractivity contribution in [3.63, 3.8) is 0 Å². The molecule has 0 saturated carbocycles.